The molecule has 0 unspecified atom stereocenters. The summed E-state index contributed by atoms with van der Waals surface area (Å²) >= 11 is 0. The van der Waals surface area contributed by atoms with Gasteiger partial charge in [0.15, 0.2) is 0 Å². The van der Waals surface area contributed by atoms with Gasteiger partial charge in [-0.15, -0.1) is 0 Å². The summed E-state index contributed by atoms with van der Waals surface area (Å²) in [7, 11) is -1.27. The second-order valence-corrected chi connectivity index (χ2v) is 9.26. The number of nitriles is 1. The van der Waals surface area contributed by atoms with E-state index in [1.807, 2.05) is 30.5 Å². The van der Waals surface area contributed by atoms with E-state index < -0.39 is 9.84 Å². The third-order valence-electron chi connectivity index (χ3n) is 5.35. The number of aromatic nitrogens is 1. The third-order valence-corrected chi connectivity index (χ3v) is 7.06. The molecule has 138 valence electrons. The Kier molecular flexibility index (Phi) is 4.40. The van der Waals surface area contributed by atoms with Crippen molar-refractivity contribution >= 4 is 20.7 Å². The molecule has 0 saturated carbocycles. The largest absolute Gasteiger partial charge is 0.496 e. The smallest absolute Gasteiger partial charge is 0.150 e. The van der Waals surface area contributed by atoms with Gasteiger partial charge in [0.1, 0.15) is 15.6 Å². The quantitative estimate of drug-likeness (QED) is 0.744. The molecule has 1 N–H and O–H groups in total. The van der Waals surface area contributed by atoms with Crippen LogP contribution < -0.4 is 4.74 Å². The molecule has 0 spiro atoms. The normalized spacial score (nSPS) is 16.9. The zero-order chi connectivity index (χ0) is 19.0. The molecule has 1 fully saturated rings. The van der Waals surface area contributed by atoms with Crippen LogP contribution in [0.2, 0.25) is 0 Å². The number of fused-ring (bicyclic) bond motifs is 1. The number of rotatable bonds is 3. The van der Waals surface area contributed by atoms with Crippen LogP contribution in [0.25, 0.3) is 22.0 Å². The Balaban J connectivity index is 1.78. The van der Waals surface area contributed by atoms with E-state index in [-0.39, 0.29) is 17.4 Å². The number of hydrogen-bond donors (Lipinski definition) is 1. The van der Waals surface area contributed by atoms with Crippen LogP contribution in [0.1, 0.15) is 29.9 Å². The lowest BCUT2D eigenvalue weighted by Crippen LogP contribution is -2.21. The second kappa shape index (κ2) is 6.75. The molecular weight excluding hydrogens is 360 g/mol. The van der Waals surface area contributed by atoms with Crippen LogP contribution in [-0.4, -0.2) is 32.0 Å². The van der Waals surface area contributed by atoms with Crippen molar-refractivity contribution in [2.24, 2.45) is 0 Å². The summed E-state index contributed by atoms with van der Waals surface area (Å²) in [5.74, 6) is 1.46. The molecule has 2 heterocycles. The zero-order valence-electron chi connectivity index (χ0n) is 15.0. The number of aromatic amines is 1. The average molecular weight is 380 g/mol. The van der Waals surface area contributed by atoms with Gasteiger partial charge in [-0.25, -0.2) is 8.42 Å². The second-order valence-electron chi connectivity index (χ2n) is 6.96. The van der Waals surface area contributed by atoms with Crippen LogP contribution in [0.5, 0.6) is 5.75 Å². The first kappa shape index (κ1) is 17.6. The van der Waals surface area contributed by atoms with Crippen molar-refractivity contribution < 1.29 is 13.2 Å². The van der Waals surface area contributed by atoms with E-state index in [0.29, 0.717) is 24.2 Å². The van der Waals surface area contributed by atoms with E-state index in [4.69, 9.17) is 4.74 Å². The van der Waals surface area contributed by atoms with Crippen LogP contribution in [-0.2, 0) is 9.84 Å². The number of sulfone groups is 1. The summed E-state index contributed by atoms with van der Waals surface area (Å²) in [5, 5.41) is 10.3. The molecule has 1 aliphatic rings. The molecule has 3 aromatic rings. The van der Waals surface area contributed by atoms with E-state index >= 15 is 0 Å². The van der Waals surface area contributed by atoms with Gasteiger partial charge in [-0.1, -0.05) is 6.07 Å². The van der Waals surface area contributed by atoms with Gasteiger partial charge >= 0.3 is 0 Å². The maximum atomic E-state index is 11.8. The molecule has 5 nitrogen and oxygen atoms in total. The van der Waals surface area contributed by atoms with Crippen molar-refractivity contribution in [3.05, 3.63) is 53.7 Å². The van der Waals surface area contributed by atoms with Crippen LogP contribution in [0, 0.1) is 11.3 Å². The van der Waals surface area contributed by atoms with Crippen LogP contribution in [0.4, 0.5) is 0 Å². The summed E-state index contributed by atoms with van der Waals surface area (Å²) in [6.07, 6.45) is 3.32. The molecule has 1 saturated heterocycles. The summed E-state index contributed by atoms with van der Waals surface area (Å²) in [6, 6.07) is 13.7. The highest BCUT2D eigenvalue weighted by molar-refractivity contribution is 7.91. The van der Waals surface area contributed by atoms with Gasteiger partial charge in [-0.05, 0) is 60.2 Å². The van der Waals surface area contributed by atoms with E-state index in [0.717, 1.165) is 27.6 Å². The Labute approximate surface area is 158 Å². The Hall–Kier alpha value is -2.78. The molecular formula is C21H20N2O3S. The van der Waals surface area contributed by atoms with Gasteiger partial charge in [-0.3, -0.25) is 0 Å². The van der Waals surface area contributed by atoms with Gasteiger partial charge in [0.2, 0.25) is 0 Å². The molecule has 1 aliphatic heterocycles. The highest BCUT2D eigenvalue weighted by Gasteiger charge is 2.26. The summed E-state index contributed by atoms with van der Waals surface area (Å²) in [6.45, 7) is 0. The van der Waals surface area contributed by atoms with Gasteiger partial charge in [0.25, 0.3) is 0 Å². The fraction of sp³-hybridized carbons (Fsp3) is 0.286. The highest BCUT2D eigenvalue weighted by Crippen LogP contribution is 2.37. The number of nitrogens with one attached hydrogen (secondary N) is 1. The Morgan fingerprint density at radius 2 is 1.93 bits per heavy atom. The molecule has 6 heteroatoms. The Morgan fingerprint density at radius 1 is 1.15 bits per heavy atom. The van der Waals surface area contributed by atoms with E-state index in [9.17, 15) is 13.7 Å². The van der Waals surface area contributed by atoms with E-state index in [2.05, 4.69) is 17.1 Å². The molecule has 27 heavy (non-hydrogen) atoms. The monoisotopic (exact) mass is 380 g/mol. The fourth-order valence-corrected chi connectivity index (χ4v) is 5.34. The maximum Gasteiger partial charge on any atom is 0.150 e. The molecule has 0 bridgehead atoms. The number of nitrogens with zero attached hydrogens (tertiary/aromatic N) is 1. The van der Waals surface area contributed by atoms with Gasteiger partial charge in [0, 0.05) is 22.7 Å². The minimum Gasteiger partial charge on any atom is -0.496 e. The summed E-state index contributed by atoms with van der Waals surface area (Å²) in [5.41, 5.74) is 4.62. The minimum absolute atomic E-state index is 0.241. The van der Waals surface area contributed by atoms with Crippen molar-refractivity contribution in [1.82, 2.24) is 4.98 Å². The van der Waals surface area contributed by atoms with Crippen LogP contribution in [0.3, 0.4) is 0 Å². The number of hydrogen-bond acceptors (Lipinski definition) is 4. The number of ether oxygens (including phenoxy) is 1. The van der Waals surface area contributed by atoms with Crippen LogP contribution >= 0.6 is 0 Å². The predicted octanol–water partition coefficient (Wildman–Crippen LogP) is 4.01. The van der Waals surface area contributed by atoms with Crippen molar-refractivity contribution in [3.8, 4) is 22.9 Å². The number of methoxy groups -OCH3 is 1. The van der Waals surface area contributed by atoms with Crippen molar-refractivity contribution in [3.63, 3.8) is 0 Å². The molecule has 4 rings (SSSR count). The standard InChI is InChI=1S/C21H20N2O3S/c1-26-21-5-2-14(12-22)10-17(21)16-3-4-20-18(11-16)19(13-23-20)15-6-8-27(24,25)9-7-15/h2-5,10-11,13,15,23H,6-9H2,1H3. The SMILES string of the molecule is COc1ccc(C#N)cc1-c1ccc2[nH]cc(C3CCS(=O)(=O)CC3)c2c1. The Bertz CT molecular complexity index is 1140. The first-order chi connectivity index (χ1) is 13.0. The number of benzene rings is 2. The lowest BCUT2D eigenvalue weighted by atomic mass is 9.92. The molecule has 0 amide bonds. The van der Waals surface area contributed by atoms with Crippen LogP contribution in [0.15, 0.2) is 42.6 Å². The predicted molar refractivity (Wildman–Crippen MR) is 106 cm³/mol. The van der Waals surface area contributed by atoms with Crippen molar-refractivity contribution in [2.45, 2.75) is 18.8 Å². The van der Waals surface area contributed by atoms with Gasteiger partial charge < -0.3 is 9.72 Å². The van der Waals surface area contributed by atoms with E-state index in [1.165, 1.54) is 0 Å². The van der Waals surface area contributed by atoms with Gasteiger partial charge in [0.05, 0.1) is 30.2 Å². The van der Waals surface area contributed by atoms with Crippen molar-refractivity contribution in [2.75, 3.05) is 18.6 Å². The first-order valence-corrected chi connectivity index (χ1v) is 10.7. The Morgan fingerprint density at radius 3 is 2.63 bits per heavy atom. The van der Waals surface area contributed by atoms with E-state index in [1.54, 1.807) is 13.2 Å². The lowest BCUT2D eigenvalue weighted by molar-refractivity contribution is 0.416. The maximum absolute atomic E-state index is 11.8. The lowest BCUT2D eigenvalue weighted by Gasteiger charge is -2.21. The third kappa shape index (κ3) is 3.31. The molecule has 1 aromatic heterocycles. The molecule has 2 aromatic carbocycles. The van der Waals surface area contributed by atoms with Gasteiger partial charge in [-0.2, -0.15) is 5.26 Å². The summed E-state index contributed by atoms with van der Waals surface area (Å²) < 4.78 is 29.0. The summed E-state index contributed by atoms with van der Waals surface area (Å²) in [4.78, 5) is 3.30. The molecule has 0 radical (unpaired) electrons. The fourth-order valence-electron chi connectivity index (χ4n) is 3.85. The number of H-pyrrole nitrogens is 1. The average Bonchev–Trinajstić information content (AvgIpc) is 3.10. The first-order valence-electron chi connectivity index (χ1n) is 8.91. The highest BCUT2D eigenvalue weighted by atomic mass is 32.2. The zero-order valence-corrected chi connectivity index (χ0v) is 15.8. The topological polar surface area (TPSA) is 82.9 Å². The molecule has 0 aliphatic carbocycles. The minimum atomic E-state index is -2.89. The van der Waals surface area contributed by atoms with Crippen molar-refractivity contribution in [1.29, 1.82) is 5.26 Å². The molecule has 0 atom stereocenters.